The monoisotopic (exact) mass is 282 g/mol. The predicted octanol–water partition coefficient (Wildman–Crippen LogP) is 4.58. The van der Waals surface area contributed by atoms with E-state index in [9.17, 15) is 0 Å². The normalized spacial score (nSPS) is 10.2. The van der Waals surface area contributed by atoms with Crippen LogP contribution < -0.4 is 9.47 Å². The van der Waals surface area contributed by atoms with Crippen LogP contribution in [0.3, 0.4) is 0 Å². The van der Waals surface area contributed by atoms with Crippen molar-refractivity contribution in [1.82, 2.24) is 0 Å². The van der Waals surface area contributed by atoms with E-state index in [2.05, 4.69) is 0 Å². The molecule has 0 N–H and O–H groups in total. The van der Waals surface area contributed by atoms with E-state index in [-0.39, 0.29) is 0 Å². The number of benzene rings is 2. The van der Waals surface area contributed by atoms with Gasteiger partial charge in [0.15, 0.2) is 11.5 Å². The maximum absolute atomic E-state index is 5.94. The predicted molar refractivity (Wildman–Crippen MR) is 73.8 cm³/mol. The van der Waals surface area contributed by atoms with Gasteiger partial charge in [-0.25, -0.2) is 0 Å². The third-order valence-corrected chi connectivity index (χ3v) is 3.19. The van der Waals surface area contributed by atoms with Crippen molar-refractivity contribution in [3.05, 3.63) is 58.1 Å². The molecule has 2 aromatic carbocycles. The summed E-state index contributed by atoms with van der Waals surface area (Å²) in [5.74, 6) is 1.41. The fourth-order valence-corrected chi connectivity index (χ4v) is 1.85. The molecule has 0 heterocycles. The molecule has 0 aromatic heterocycles. The number of para-hydroxylation sites is 2. The highest BCUT2D eigenvalue weighted by Gasteiger charge is 2.04. The smallest absolute Gasteiger partial charge is 0.161 e. The Bertz CT molecular complexity index is 541. The SMILES string of the molecule is COc1ccccc1OCc1ccc(Cl)c(Cl)c1. The minimum atomic E-state index is 0.414. The summed E-state index contributed by atoms with van der Waals surface area (Å²) in [6.07, 6.45) is 0. The standard InChI is InChI=1S/C14H12Cl2O2/c1-17-13-4-2-3-5-14(13)18-9-10-6-7-11(15)12(16)8-10/h2-8H,9H2,1H3. The van der Waals surface area contributed by atoms with E-state index in [1.807, 2.05) is 30.3 Å². The third kappa shape index (κ3) is 3.09. The molecule has 94 valence electrons. The first-order chi connectivity index (χ1) is 8.70. The maximum atomic E-state index is 5.94. The lowest BCUT2D eigenvalue weighted by atomic mass is 10.2. The quantitative estimate of drug-likeness (QED) is 0.817. The molecule has 0 bridgehead atoms. The Labute approximate surface area is 116 Å². The number of halogens is 2. The van der Waals surface area contributed by atoms with Crippen LogP contribution in [-0.2, 0) is 6.61 Å². The minimum absolute atomic E-state index is 0.414. The zero-order valence-corrected chi connectivity index (χ0v) is 11.3. The summed E-state index contributed by atoms with van der Waals surface area (Å²) in [4.78, 5) is 0. The fraction of sp³-hybridized carbons (Fsp3) is 0.143. The fourth-order valence-electron chi connectivity index (χ4n) is 1.53. The van der Waals surface area contributed by atoms with Crippen molar-refractivity contribution < 1.29 is 9.47 Å². The molecule has 0 atom stereocenters. The van der Waals surface area contributed by atoms with Crippen molar-refractivity contribution in [1.29, 1.82) is 0 Å². The van der Waals surface area contributed by atoms with Gasteiger partial charge in [-0.05, 0) is 29.8 Å². The Morgan fingerprint density at radius 2 is 1.67 bits per heavy atom. The summed E-state index contributed by atoms with van der Waals surface area (Å²) in [5.41, 5.74) is 0.954. The van der Waals surface area contributed by atoms with E-state index in [0.29, 0.717) is 28.2 Å². The van der Waals surface area contributed by atoms with Crippen LogP contribution in [0.4, 0.5) is 0 Å². The largest absolute Gasteiger partial charge is 0.493 e. The van der Waals surface area contributed by atoms with Crippen molar-refractivity contribution in [2.75, 3.05) is 7.11 Å². The molecule has 0 aliphatic rings. The molecule has 0 radical (unpaired) electrons. The summed E-state index contributed by atoms with van der Waals surface area (Å²) in [5, 5.41) is 1.07. The number of ether oxygens (including phenoxy) is 2. The van der Waals surface area contributed by atoms with E-state index >= 15 is 0 Å². The second-order valence-electron chi connectivity index (χ2n) is 3.69. The first-order valence-corrected chi connectivity index (χ1v) is 6.16. The highest BCUT2D eigenvalue weighted by atomic mass is 35.5. The van der Waals surface area contributed by atoms with Crippen molar-refractivity contribution in [3.8, 4) is 11.5 Å². The van der Waals surface area contributed by atoms with Gasteiger partial charge in [0.1, 0.15) is 6.61 Å². The number of hydrogen-bond donors (Lipinski definition) is 0. The maximum Gasteiger partial charge on any atom is 0.161 e. The molecule has 2 nitrogen and oxygen atoms in total. The minimum Gasteiger partial charge on any atom is -0.493 e. The third-order valence-electron chi connectivity index (χ3n) is 2.45. The van der Waals surface area contributed by atoms with Crippen molar-refractivity contribution in [3.63, 3.8) is 0 Å². The molecule has 0 saturated heterocycles. The second-order valence-corrected chi connectivity index (χ2v) is 4.50. The van der Waals surface area contributed by atoms with Gasteiger partial charge in [-0.3, -0.25) is 0 Å². The molecule has 0 aliphatic carbocycles. The summed E-state index contributed by atoms with van der Waals surface area (Å²) in [7, 11) is 1.61. The van der Waals surface area contributed by atoms with Crippen molar-refractivity contribution in [2.45, 2.75) is 6.61 Å². The summed E-state index contributed by atoms with van der Waals surface area (Å²) < 4.78 is 10.9. The highest BCUT2D eigenvalue weighted by molar-refractivity contribution is 6.42. The molecule has 0 spiro atoms. The summed E-state index contributed by atoms with van der Waals surface area (Å²) in [6.45, 7) is 0.414. The summed E-state index contributed by atoms with van der Waals surface area (Å²) >= 11 is 11.8. The van der Waals surface area contributed by atoms with Crippen LogP contribution in [0.2, 0.25) is 10.0 Å². The van der Waals surface area contributed by atoms with Crippen LogP contribution in [0.15, 0.2) is 42.5 Å². The second kappa shape index (κ2) is 5.98. The first-order valence-electron chi connectivity index (χ1n) is 5.40. The van der Waals surface area contributed by atoms with Crippen LogP contribution in [-0.4, -0.2) is 7.11 Å². The number of rotatable bonds is 4. The lowest BCUT2D eigenvalue weighted by Crippen LogP contribution is -1.97. The molecule has 2 rings (SSSR count). The van der Waals surface area contributed by atoms with Gasteiger partial charge in [-0.15, -0.1) is 0 Å². The topological polar surface area (TPSA) is 18.5 Å². The van der Waals surface area contributed by atoms with Crippen molar-refractivity contribution in [2.24, 2.45) is 0 Å². The van der Waals surface area contributed by atoms with Crippen LogP contribution in [0, 0.1) is 0 Å². The average molecular weight is 283 g/mol. The van der Waals surface area contributed by atoms with Crippen molar-refractivity contribution >= 4 is 23.2 Å². The van der Waals surface area contributed by atoms with Crippen LogP contribution in [0.1, 0.15) is 5.56 Å². The van der Waals surface area contributed by atoms with Crippen LogP contribution >= 0.6 is 23.2 Å². The van der Waals surface area contributed by atoms with E-state index in [4.69, 9.17) is 32.7 Å². The number of hydrogen-bond acceptors (Lipinski definition) is 2. The zero-order valence-electron chi connectivity index (χ0n) is 9.82. The average Bonchev–Trinajstić information content (AvgIpc) is 2.40. The molecule has 4 heteroatoms. The zero-order chi connectivity index (χ0) is 13.0. The molecular formula is C14H12Cl2O2. The van der Waals surface area contributed by atoms with E-state index < -0.39 is 0 Å². The Balaban J connectivity index is 2.09. The summed E-state index contributed by atoms with van der Waals surface area (Å²) in [6, 6.07) is 12.9. The Morgan fingerprint density at radius 3 is 2.33 bits per heavy atom. The van der Waals surface area contributed by atoms with Gasteiger partial charge in [-0.2, -0.15) is 0 Å². The van der Waals surface area contributed by atoms with E-state index in [1.54, 1.807) is 19.2 Å². The molecule has 0 amide bonds. The van der Waals surface area contributed by atoms with Crippen LogP contribution in [0.5, 0.6) is 11.5 Å². The Kier molecular flexibility index (Phi) is 4.34. The van der Waals surface area contributed by atoms with Gasteiger partial charge in [0.25, 0.3) is 0 Å². The number of methoxy groups -OCH3 is 1. The lowest BCUT2D eigenvalue weighted by molar-refractivity contribution is 0.284. The van der Waals surface area contributed by atoms with Gasteiger partial charge in [-0.1, -0.05) is 41.4 Å². The van der Waals surface area contributed by atoms with E-state index in [0.717, 1.165) is 5.56 Å². The lowest BCUT2D eigenvalue weighted by Gasteiger charge is -2.10. The van der Waals surface area contributed by atoms with E-state index in [1.165, 1.54) is 0 Å². The molecule has 2 aromatic rings. The van der Waals surface area contributed by atoms with Gasteiger partial charge >= 0.3 is 0 Å². The molecule has 0 unspecified atom stereocenters. The first kappa shape index (κ1) is 13.1. The van der Waals surface area contributed by atoms with Gasteiger partial charge in [0.05, 0.1) is 17.2 Å². The molecular weight excluding hydrogens is 271 g/mol. The Hall–Kier alpha value is -1.38. The molecule has 0 saturated carbocycles. The van der Waals surface area contributed by atoms with Gasteiger partial charge < -0.3 is 9.47 Å². The van der Waals surface area contributed by atoms with Gasteiger partial charge in [0, 0.05) is 0 Å². The molecule has 18 heavy (non-hydrogen) atoms. The van der Waals surface area contributed by atoms with Crippen LogP contribution in [0.25, 0.3) is 0 Å². The van der Waals surface area contributed by atoms with Gasteiger partial charge in [0.2, 0.25) is 0 Å². The molecule has 0 fully saturated rings. The Morgan fingerprint density at radius 1 is 0.944 bits per heavy atom. The highest BCUT2D eigenvalue weighted by Crippen LogP contribution is 2.28. The molecule has 0 aliphatic heterocycles.